The lowest BCUT2D eigenvalue weighted by Gasteiger charge is -2.15. The molecule has 0 heterocycles. The first-order valence-corrected chi connectivity index (χ1v) is 12.9. The van der Waals surface area contributed by atoms with Crippen LogP contribution < -0.4 is 15.4 Å². The Morgan fingerprint density at radius 3 is 2.11 bits per heavy atom. The second-order valence-electron chi connectivity index (χ2n) is 8.94. The molecule has 2 amide bonds. The molecule has 7 nitrogen and oxygen atoms in total. The van der Waals surface area contributed by atoms with Crippen molar-refractivity contribution in [3.05, 3.63) is 82.3 Å². The van der Waals surface area contributed by atoms with Gasteiger partial charge in [0, 0.05) is 28.7 Å². The first-order chi connectivity index (χ1) is 17.7. The highest BCUT2D eigenvalue weighted by atomic mass is 79.9. The third-order valence-corrected chi connectivity index (χ3v) is 5.96. The standard InChI is InChI=1S/C29H31BrN2O5/c1-19(2)25-16-7-20(3)17-26(25)37-24-14-12-23(13-15-24)31-27(33)5-4-6-29(35)36-18-28(34)32-22-10-8-21(30)9-11-22/h7-17,19H,4-6,18H2,1-3H3,(H,31,33)(H,32,34). The summed E-state index contributed by atoms with van der Waals surface area (Å²) in [5.74, 6) is 0.665. The lowest BCUT2D eigenvalue weighted by molar-refractivity contribution is -0.147. The number of carbonyl (C=O) groups excluding carboxylic acids is 3. The van der Waals surface area contributed by atoms with Gasteiger partial charge in [0.1, 0.15) is 11.5 Å². The van der Waals surface area contributed by atoms with Crippen LogP contribution in [0.25, 0.3) is 0 Å². The fraction of sp³-hybridized carbons (Fsp3) is 0.276. The van der Waals surface area contributed by atoms with E-state index >= 15 is 0 Å². The van der Waals surface area contributed by atoms with Gasteiger partial charge < -0.3 is 20.1 Å². The van der Waals surface area contributed by atoms with Crippen molar-refractivity contribution in [3.8, 4) is 11.5 Å². The molecule has 0 aromatic heterocycles. The van der Waals surface area contributed by atoms with Crippen LogP contribution in [0.1, 0.15) is 50.2 Å². The number of esters is 1. The van der Waals surface area contributed by atoms with E-state index in [9.17, 15) is 14.4 Å². The van der Waals surface area contributed by atoms with Crippen LogP contribution in [0.5, 0.6) is 11.5 Å². The third-order valence-electron chi connectivity index (χ3n) is 5.43. The third kappa shape index (κ3) is 9.38. The SMILES string of the molecule is Cc1ccc(C(C)C)c(Oc2ccc(NC(=O)CCCC(=O)OCC(=O)Nc3ccc(Br)cc3)cc2)c1. The van der Waals surface area contributed by atoms with Crippen LogP contribution in [0.3, 0.4) is 0 Å². The molecule has 37 heavy (non-hydrogen) atoms. The zero-order chi connectivity index (χ0) is 26.8. The molecule has 8 heteroatoms. The van der Waals surface area contributed by atoms with E-state index in [-0.39, 0.29) is 25.4 Å². The minimum Gasteiger partial charge on any atom is -0.457 e. The van der Waals surface area contributed by atoms with E-state index in [2.05, 4.69) is 52.5 Å². The highest BCUT2D eigenvalue weighted by Gasteiger charge is 2.11. The molecule has 0 radical (unpaired) electrons. The zero-order valence-corrected chi connectivity index (χ0v) is 22.8. The number of halogens is 1. The maximum absolute atomic E-state index is 12.3. The number of aryl methyl sites for hydroxylation is 1. The van der Waals surface area contributed by atoms with Gasteiger partial charge in [-0.1, -0.05) is 41.9 Å². The van der Waals surface area contributed by atoms with E-state index in [1.54, 1.807) is 48.5 Å². The molecule has 0 atom stereocenters. The molecule has 194 valence electrons. The maximum Gasteiger partial charge on any atom is 0.306 e. The molecular formula is C29H31BrN2O5. The van der Waals surface area contributed by atoms with E-state index in [0.717, 1.165) is 21.3 Å². The quantitative estimate of drug-likeness (QED) is 0.244. The van der Waals surface area contributed by atoms with Crippen LogP contribution >= 0.6 is 15.9 Å². The molecule has 3 aromatic carbocycles. The molecule has 0 unspecified atom stereocenters. The summed E-state index contributed by atoms with van der Waals surface area (Å²) in [5.41, 5.74) is 3.50. The Hall–Kier alpha value is -3.65. The molecule has 2 N–H and O–H groups in total. The first-order valence-electron chi connectivity index (χ1n) is 12.1. The van der Waals surface area contributed by atoms with E-state index in [0.29, 0.717) is 29.5 Å². The summed E-state index contributed by atoms with van der Waals surface area (Å²) in [4.78, 5) is 36.1. The van der Waals surface area contributed by atoms with Crippen molar-refractivity contribution in [2.24, 2.45) is 0 Å². The van der Waals surface area contributed by atoms with E-state index in [4.69, 9.17) is 9.47 Å². The molecule has 0 aliphatic rings. The largest absolute Gasteiger partial charge is 0.457 e. The highest BCUT2D eigenvalue weighted by Crippen LogP contribution is 2.32. The molecule has 0 saturated carbocycles. The van der Waals surface area contributed by atoms with Crippen molar-refractivity contribution in [1.29, 1.82) is 0 Å². The summed E-state index contributed by atoms with van der Waals surface area (Å²) in [7, 11) is 0. The average Bonchev–Trinajstić information content (AvgIpc) is 2.85. The first kappa shape index (κ1) is 27.9. The Bertz CT molecular complexity index is 1220. The molecule has 0 spiro atoms. The zero-order valence-electron chi connectivity index (χ0n) is 21.2. The Morgan fingerprint density at radius 2 is 1.46 bits per heavy atom. The van der Waals surface area contributed by atoms with Gasteiger partial charge in [0.2, 0.25) is 5.91 Å². The van der Waals surface area contributed by atoms with Gasteiger partial charge in [-0.25, -0.2) is 0 Å². The number of anilines is 2. The second-order valence-corrected chi connectivity index (χ2v) is 9.86. The summed E-state index contributed by atoms with van der Waals surface area (Å²) < 4.78 is 12.0. The van der Waals surface area contributed by atoms with Crippen molar-refractivity contribution in [2.45, 2.75) is 46.0 Å². The number of carbonyl (C=O) groups is 3. The Balaban J connectivity index is 1.37. The fourth-order valence-electron chi connectivity index (χ4n) is 3.51. The predicted molar refractivity (Wildman–Crippen MR) is 148 cm³/mol. The van der Waals surface area contributed by atoms with Gasteiger partial charge in [-0.15, -0.1) is 0 Å². The monoisotopic (exact) mass is 566 g/mol. The van der Waals surface area contributed by atoms with E-state index in [1.165, 1.54) is 0 Å². The molecular weight excluding hydrogens is 536 g/mol. The van der Waals surface area contributed by atoms with Crippen molar-refractivity contribution >= 4 is 45.1 Å². The number of ether oxygens (including phenoxy) is 2. The lowest BCUT2D eigenvalue weighted by Crippen LogP contribution is -2.21. The Labute approximate surface area is 225 Å². The van der Waals surface area contributed by atoms with Crippen LogP contribution in [-0.2, 0) is 19.1 Å². The molecule has 0 aliphatic carbocycles. The number of rotatable bonds is 11. The number of benzene rings is 3. The van der Waals surface area contributed by atoms with E-state index < -0.39 is 11.9 Å². The topological polar surface area (TPSA) is 93.7 Å². The predicted octanol–water partition coefficient (Wildman–Crippen LogP) is 6.96. The van der Waals surface area contributed by atoms with Crippen molar-refractivity contribution in [1.82, 2.24) is 0 Å². The van der Waals surface area contributed by atoms with Gasteiger partial charge in [-0.05, 0) is 85.0 Å². The lowest BCUT2D eigenvalue weighted by atomic mass is 10.0. The fourth-order valence-corrected chi connectivity index (χ4v) is 3.77. The smallest absolute Gasteiger partial charge is 0.306 e. The van der Waals surface area contributed by atoms with Crippen LogP contribution in [0, 0.1) is 6.92 Å². The van der Waals surface area contributed by atoms with Gasteiger partial charge in [0.15, 0.2) is 6.61 Å². The summed E-state index contributed by atoms with van der Waals surface area (Å²) >= 11 is 3.32. The summed E-state index contributed by atoms with van der Waals surface area (Å²) in [5, 5.41) is 5.46. The molecule has 3 aromatic rings. The van der Waals surface area contributed by atoms with Crippen molar-refractivity contribution in [2.75, 3.05) is 17.2 Å². The number of amides is 2. The van der Waals surface area contributed by atoms with Crippen LogP contribution in [0.4, 0.5) is 11.4 Å². The summed E-state index contributed by atoms with van der Waals surface area (Å²) in [6, 6.07) is 20.4. The van der Waals surface area contributed by atoms with Crippen molar-refractivity contribution in [3.63, 3.8) is 0 Å². The second kappa shape index (κ2) is 13.6. The molecule has 0 fully saturated rings. The van der Waals surface area contributed by atoms with E-state index in [1.807, 2.05) is 13.0 Å². The maximum atomic E-state index is 12.3. The van der Waals surface area contributed by atoms with Gasteiger partial charge in [-0.3, -0.25) is 14.4 Å². The van der Waals surface area contributed by atoms with Gasteiger partial charge >= 0.3 is 5.97 Å². The summed E-state index contributed by atoms with van der Waals surface area (Å²) in [6.07, 6.45) is 0.505. The number of nitrogens with one attached hydrogen (secondary N) is 2. The highest BCUT2D eigenvalue weighted by molar-refractivity contribution is 9.10. The Kier molecular flexibility index (Phi) is 10.3. The van der Waals surface area contributed by atoms with Crippen LogP contribution in [0.15, 0.2) is 71.2 Å². The normalized spacial score (nSPS) is 10.6. The minimum atomic E-state index is -0.530. The summed E-state index contributed by atoms with van der Waals surface area (Å²) in [6.45, 7) is 5.89. The minimum absolute atomic E-state index is 0.0421. The number of hydrogen-bond acceptors (Lipinski definition) is 5. The van der Waals surface area contributed by atoms with Crippen molar-refractivity contribution < 1.29 is 23.9 Å². The molecule has 0 aliphatic heterocycles. The van der Waals surface area contributed by atoms with Gasteiger partial charge in [-0.2, -0.15) is 0 Å². The van der Waals surface area contributed by atoms with Crippen LogP contribution in [-0.4, -0.2) is 24.4 Å². The van der Waals surface area contributed by atoms with Crippen LogP contribution in [0.2, 0.25) is 0 Å². The molecule has 3 rings (SSSR count). The average molecular weight is 567 g/mol. The molecule has 0 saturated heterocycles. The number of hydrogen-bond donors (Lipinski definition) is 2. The van der Waals surface area contributed by atoms with Gasteiger partial charge in [0.05, 0.1) is 0 Å². The Morgan fingerprint density at radius 1 is 0.838 bits per heavy atom. The van der Waals surface area contributed by atoms with Gasteiger partial charge in [0.25, 0.3) is 5.91 Å². The molecule has 0 bridgehead atoms.